The highest BCUT2D eigenvalue weighted by Crippen LogP contribution is 2.23. The molecule has 2 aromatic heterocycles. The third-order valence-corrected chi connectivity index (χ3v) is 3.55. The Morgan fingerprint density at radius 1 is 1.38 bits per heavy atom. The molecule has 0 saturated heterocycles. The van der Waals surface area contributed by atoms with Crippen LogP contribution in [0.25, 0.3) is 5.65 Å². The van der Waals surface area contributed by atoms with Gasteiger partial charge in [-0.3, -0.25) is 9.20 Å². The molecule has 2 heterocycles. The Hall–Kier alpha value is -3.33. The Balaban J connectivity index is 1.99. The molecule has 0 aliphatic carbocycles. The fourth-order valence-electron chi connectivity index (χ4n) is 2.55. The topological polar surface area (TPSA) is 79.4 Å². The van der Waals surface area contributed by atoms with E-state index in [-0.39, 0.29) is 5.91 Å². The predicted molar refractivity (Wildman–Crippen MR) is 90.2 cm³/mol. The highest BCUT2D eigenvalue weighted by Gasteiger charge is 2.19. The Labute approximate surface area is 139 Å². The molecule has 0 saturated carbocycles. The van der Waals surface area contributed by atoms with Crippen molar-refractivity contribution in [2.45, 2.75) is 13.8 Å². The van der Waals surface area contributed by atoms with E-state index in [1.54, 1.807) is 41.8 Å². The van der Waals surface area contributed by atoms with Gasteiger partial charge in [-0.25, -0.2) is 4.98 Å². The molecule has 0 aliphatic heterocycles. The first kappa shape index (κ1) is 15.6. The summed E-state index contributed by atoms with van der Waals surface area (Å²) in [7, 11) is 0. The third kappa shape index (κ3) is 2.79. The minimum Gasteiger partial charge on any atom is -0.490 e. The quantitative estimate of drug-likeness (QED) is 0.801. The number of hydrogen-bond donors (Lipinski definition) is 1. The second kappa shape index (κ2) is 6.42. The number of nitriles is 1. The van der Waals surface area contributed by atoms with Crippen molar-refractivity contribution in [2.75, 3.05) is 11.9 Å². The normalized spacial score (nSPS) is 10.4. The van der Waals surface area contributed by atoms with Crippen LogP contribution in [-0.2, 0) is 0 Å². The van der Waals surface area contributed by atoms with Gasteiger partial charge in [0.25, 0.3) is 5.91 Å². The minimum atomic E-state index is -0.288. The molecule has 3 rings (SSSR count). The minimum absolute atomic E-state index is 0.288. The van der Waals surface area contributed by atoms with Crippen LogP contribution in [0.5, 0.6) is 5.75 Å². The second-order valence-corrected chi connectivity index (χ2v) is 5.19. The van der Waals surface area contributed by atoms with Gasteiger partial charge >= 0.3 is 0 Å². The summed E-state index contributed by atoms with van der Waals surface area (Å²) in [5, 5.41) is 11.8. The van der Waals surface area contributed by atoms with Crippen molar-refractivity contribution in [1.82, 2.24) is 9.38 Å². The van der Waals surface area contributed by atoms with Gasteiger partial charge in [0.15, 0.2) is 11.4 Å². The van der Waals surface area contributed by atoms with E-state index >= 15 is 0 Å². The van der Waals surface area contributed by atoms with Crippen LogP contribution < -0.4 is 10.1 Å². The Morgan fingerprint density at radius 2 is 2.21 bits per heavy atom. The maximum atomic E-state index is 12.7. The van der Waals surface area contributed by atoms with Crippen LogP contribution in [0.4, 0.5) is 5.69 Å². The van der Waals surface area contributed by atoms with Crippen molar-refractivity contribution < 1.29 is 9.53 Å². The summed E-state index contributed by atoms with van der Waals surface area (Å²) < 4.78 is 7.28. The number of nitrogens with one attached hydrogen (secondary N) is 1. The molecule has 120 valence electrons. The number of hydrogen-bond acceptors (Lipinski definition) is 4. The number of nitrogens with zero attached hydrogens (tertiary/aromatic N) is 3. The van der Waals surface area contributed by atoms with Gasteiger partial charge < -0.3 is 10.1 Å². The largest absolute Gasteiger partial charge is 0.490 e. The number of ether oxygens (including phenoxy) is 1. The van der Waals surface area contributed by atoms with Crippen LogP contribution in [0.2, 0.25) is 0 Å². The maximum absolute atomic E-state index is 12.7. The highest BCUT2D eigenvalue weighted by atomic mass is 16.5. The summed E-state index contributed by atoms with van der Waals surface area (Å²) in [5.74, 6) is 0.345. The maximum Gasteiger partial charge on any atom is 0.274 e. The summed E-state index contributed by atoms with van der Waals surface area (Å²) in [5.41, 5.74) is 2.70. The fraction of sp³-hybridized carbons (Fsp3) is 0.167. The van der Waals surface area contributed by atoms with Gasteiger partial charge in [-0.2, -0.15) is 5.26 Å². The molecule has 1 amide bonds. The zero-order valence-electron chi connectivity index (χ0n) is 13.4. The molecular weight excluding hydrogens is 304 g/mol. The van der Waals surface area contributed by atoms with Gasteiger partial charge in [-0.1, -0.05) is 6.07 Å². The molecule has 0 fully saturated rings. The Bertz CT molecular complexity index is 953. The van der Waals surface area contributed by atoms with Crippen LogP contribution in [0.3, 0.4) is 0 Å². The van der Waals surface area contributed by atoms with Crippen molar-refractivity contribution in [1.29, 1.82) is 5.26 Å². The number of aromatic nitrogens is 2. The zero-order chi connectivity index (χ0) is 17.1. The lowest BCUT2D eigenvalue weighted by Crippen LogP contribution is -2.15. The molecule has 0 bridgehead atoms. The molecule has 0 spiro atoms. The number of pyridine rings is 1. The predicted octanol–water partition coefficient (Wildman–Crippen LogP) is 3.17. The lowest BCUT2D eigenvalue weighted by atomic mass is 10.2. The van der Waals surface area contributed by atoms with Crippen molar-refractivity contribution in [3.05, 3.63) is 59.5 Å². The number of benzene rings is 1. The molecule has 0 aliphatic rings. The summed E-state index contributed by atoms with van der Waals surface area (Å²) in [6.45, 7) is 4.20. The van der Waals surface area contributed by atoms with E-state index in [9.17, 15) is 4.79 Å². The van der Waals surface area contributed by atoms with E-state index in [1.165, 1.54) is 0 Å². The average Bonchev–Trinajstić information content (AvgIpc) is 2.92. The van der Waals surface area contributed by atoms with Crippen molar-refractivity contribution in [3.63, 3.8) is 0 Å². The summed E-state index contributed by atoms with van der Waals surface area (Å²) >= 11 is 0. The van der Waals surface area contributed by atoms with Crippen LogP contribution in [0.1, 0.15) is 28.7 Å². The lowest BCUT2D eigenvalue weighted by Gasteiger charge is -2.07. The van der Waals surface area contributed by atoms with E-state index < -0.39 is 0 Å². The Morgan fingerprint density at radius 3 is 2.96 bits per heavy atom. The number of rotatable bonds is 4. The van der Waals surface area contributed by atoms with Crippen LogP contribution in [0.15, 0.2) is 42.6 Å². The first-order chi connectivity index (χ1) is 11.6. The highest BCUT2D eigenvalue weighted by molar-refractivity contribution is 6.04. The molecule has 6 heteroatoms. The average molecular weight is 320 g/mol. The van der Waals surface area contributed by atoms with Crippen LogP contribution in [-0.4, -0.2) is 21.9 Å². The van der Waals surface area contributed by atoms with E-state index in [0.717, 1.165) is 0 Å². The number of anilines is 1. The first-order valence-electron chi connectivity index (χ1n) is 7.56. The SMILES string of the molecule is CCOc1cccn2c(C(=O)Nc3cccc(C#N)c3)c(C)nc12. The molecular formula is C18H16N4O2. The van der Waals surface area contributed by atoms with E-state index in [1.807, 2.05) is 19.1 Å². The standard InChI is InChI=1S/C18H16N4O2/c1-3-24-15-8-5-9-22-16(12(2)20-17(15)22)18(23)21-14-7-4-6-13(10-14)11-19/h4-10H,3H2,1-2H3,(H,21,23). The number of imidazole rings is 1. The van der Waals surface area contributed by atoms with Gasteiger partial charge in [0.2, 0.25) is 0 Å². The summed E-state index contributed by atoms with van der Waals surface area (Å²) in [6, 6.07) is 12.5. The second-order valence-electron chi connectivity index (χ2n) is 5.19. The van der Waals surface area contributed by atoms with Crippen LogP contribution in [0, 0.1) is 18.3 Å². The van der Waals surface area contributed by atoms with Crippen LogP contribution >= 0.6 is 0 Å². The van der Waals surface area contributed by atoms with Gasteiger partial charge in [0.1, 0.15) is 5.69 Å². The first-order valence-corrected chi connectivity index (χ1v) is 7.56. The monoisotopic (exact) mass is 320 g/mol. The number of fused-ring (bicyclic) bond motifs is 1. The van der Waals surface area contributed by atoms with Crippen molar-refractivity contribution in [2.24, 2.45) is 0 Å². The summed E-state index contributed by atoms with van der Waals surface area (Å²) in [4.78, 5) is 17.1. The van der Waals surface area contributed by atoms with E-state index in [0.29, 0.717) is 40.6 Å². The summed E-state index contributed by atoms with van der Waals surface area (Å²) in [6.07, 6.45) is 1.78. The molecule has 0 atom stereocenters. The van der Waals surface area contributed by atoms with E-state index in [2.05, 4.69) is 16.4 Å². The number of aryl methyl sites for hydroxylation is 1. The van der Waals surface area contributed by atoms with Gasteiger partial charge in [0, 0.05) is 11.9 Å². The Kier molecular flexibility index (Phi) is 4.17. The molecule has 0 radical (unpaired) electrons. The molecule has 24 heavy (non-hydrogen) atoms. The zero-order valence-corrected chi connectivity index (χ0v) is 13.4. The third-order valence-electron chi connectivity index (χ3n) is 3.55. The number of carbonyl (C=O) groups excluding carboxylic acids is 1. The number of carbonyl (C=O) groups is 1. The smallest absolute Gasteiger partial charge is 0.274 e. The lowest BCUT2D eigenvalue weighted by molar-refractivity contribution is 0.102. The van der Waals surface area contributed by atoms with Gasteiger partial charge in [-0.15, -0.1) is 0 Å². The fourth-order valence-corrected chi connectivity index (χ4v) is 2.55. The molecule has 1 aromatic carbocycles. The molecule has 1 N–H and O–H groups in total. The number of amides is 1. The molecule has 0 unspecified atom stereocenters. The van der Waals surface area contributed by atoms with Crippen molar-refractivity contribution in [3.8, 4) is 11.8 Å². The van der Waals surface area contributed by atoms with Crippen molar-refractivity contribution >= 4 is 17.2 Å². The molecule has 3 aromatic rings. The molecule has 6 nitrogen and oxygen atoms in total. The van der Waals surface area contributed by atoms with Gasteiger partial charge in [0.05, 0.1) is 23.9 Å². The van der Waals surface area contributed by atoms with E-state index in [4.69, 9.17) is 10.00 Å². The van der Waals surface area contributed by atoms with Gasteiger partial charge in [-0.05, 0) is 44.2 Å².